The normalized spacial score (nSPS) is 10.6. The van der Waals surface area contributed by atoms with Crippen LogP contribution in [0, 0.1) is 0 Å². The highest BCUT2D eigenvalue weighted by molar-refractivity contribution is 7.46. The van der Waals surface area contributed by atoms with Crippen LogP contribution >= 0.6 is 7.82 Å². The van der Waals surface area contributed by atoms with Crippen molar-refractivity contribution in [2.75, 3.05) is 0 Å². The Morgan fingerprint density at radius 2 is 2.14 bits per heavy atom. The Balaban J connectivity index is 3.57. The molecule has 0 fully saturated rings. The van der Waals surface area contributed by atoms with Crippen LogP contribution < -0.4 is 0 Å². The van der Waals surface area contributed by atoms with E-state index in [0.717, 1.165) is 0 Å². The van der Waals surface area contributed by atoms with Crippen LogP contribution in [0.5, 0.6) is 0 Å². The summed E-state index contributed by atoms with van der Waals surface area (Å²) in [6.07, 6.45) is 0. The van der Waals surface area contributed by atoms with Crippen molar-refractivity contribution in [3.8, 4) is 0 Å². The minimum Gasteiger partial charge on any atom is -0.293 e. The van der Waals surface area contributed by atoms with Crippen LogP contribution in [0.15, 0.2) is 5.16 Å². The van der Waals surface area contributed by atoms with Crippen molar-refractivity contribution in [3.05, 3.63) is 0 Å². The Bertz CT molecular complexity index is 104. The zero-order chi connectivity index (χ0) is 5.91. The van der Waals surface area contributed by atoms with E-state index in [4.69, 9.17) is 9.79 Å². The van der Waals surface area contributed by atoms with Crippen molar-refractivity contribution in [3.63, 3.8) is 0 Å². The lowest BCUT2D eigenvalue weighted by Crippen LogP contribution is -1.75. The van der Waals surface area contributed by atoms with Crippen molar-refractivity contribution < 1.29 is 19.0 Å². The average molecular weight is 125 g/mol. The number of hydrogen-bond acceptors (Lipinski definition) is 3. The van der Waals surface area contributed by atoms with Crippen LogP contribution in [-0.4, -0.2) is 16.5 Å². The Morgan fingerprint density at radius 1 is 1.71 bits per heavy atom. The molecule has 0 atom stereocenters. The van der Waals surface area contributed by atoms with Gasteiger partial charge in [0.1, 0.15) is 0 Å². The third-order valence-corrected chi connectivity index (χ3v) is 0.492. The molecule has 0 unspecified atom stereocenters. The predicted octanol–water partition coefficient (Wildman–Crippen LogP) is -0.289. The van der Waals surface area contributed by atoms with E-state index in [1.807, 2.05) is 0 Å². The second-order valence-corrected chi connectivity index (χ2v) is 1.85. The van der Waals surface area contributed by atoms with Gasteiger partial charge in [0.15, 0.2) is 0 Å². The number of rotatable bonds is 2. The van der Waals surface area contributed by atoms with Gasteiger partial charge in [-0.3, -0.25) is 14.4 Å². The molecule has 5 nitrogen and oxygen atoms in total. The van der Waals surface area contributed by atoms with Gasteiger partial charge in [-0.05, 0) is 0 Å². The topological polar surface area (TPSA) is 79.1 Å². The highest BCUT2D eigenvalue weighted by atomic mass is 31.2. The van der Waals surface area contributed by atoms with Gasteiger partial charge < -0.3 is 0 Å². The van der Waals surface area contributed by atoms with Crippen molar-refractivity contribution in [1.82, 2.24) is 0 Å². The minimum absolute atomic E-state index is 2.49. The lowest BCUT2D eigenvalue weighted by atomic mass is 11.8. The van der Waals surface area contributed by atoms with Gasteiger partial charge in [-0.25, -0.2) is 4.57 Å². The second-order valence-electron chi connectivity index (χ2n) is 0.701. The summed E-state index contributed by atoms with van der Waals surface area (Å²) in [6.45, 7) is 2.68. The summed E-state index contributed by atoms with van der Waals surface area (Å²) < 4.78 is 13.0. The zero-order valence-corrected chi connectivity index (χ0v) is 4.21. The molecule has 0 saturated carbocycles. The molecule has 0 rings (SSSR count). The van der Waals surface area contributed by atoms with Gasteiger partial charge in [-0.15, -0.1) is 0 Å². The molecule has 0 amide bonds. The van der Waals surface area contributed by atoms with Crippen molar-refractivity contribution in [2.24, 2.45) is 5.16 Å². The maximum Gasteiger partial charge on any atom is 0.545 e. The quantitative estimate of drug-likeness (QED) is 0.302. The van der Waals surface area contributed by atoms with E-state index in [9.17, 15) is 4.57 Å². The summed E-state index contributed by atoms with van der Waals surface area (Å²) in [7, 11) is -4.39. The van der Waals surface area contributed by atoms with E-state index >= 15 is 0 Å². The van der Waals surface area contributed by atoms with E-state index in [2.05, 4.69) is 16.5 Å². The lowest BCUT2D eigenvalue weighted by Gasteiger charge is -1.94. The second kappa shape index (κ2) is 2.07. The molecule has 0 radical (unpaired) electrons. The fourth-order valence-corrected chi connectivity index (χ4v) is 0.226. The molecule has 0 aromatic carbocycles. The Labute approximate surface area is 39.8 Å². The molecule has 0 aliphatic carbocycles. The van der Waals surface area contributed by atoms with Gasteiger partial charge in [-0.1, -0.05) is 5.16 Å². The Kier molecular flexibility index (Phi) is 1.95. The van der Waals surface area contributed by atoms with Crippen LogP contribution in [0.25, 0.3) is 0 Å². The summed E-state index contributed by atoms with van der Waals surface area (Å²) >= 11 is 0. The molecule has 0 saturated heterocycles. The van der Waals surface area contributed by atoms with Crippen LogP contribution in [0.3, 0.4) is 0 Å². The Morgan fingerprint density at radius 3 is 2.14 bits per heavy atom. The molecule has 7 heavy (non-hydrogen) atoms. The van der Waals surface area contributed by atoms with Crippen molar-refractivity contribution >= 4 is 14.5 Å². The average Bonchev–Trinajstić information content (AvgIpc) is 1.30. The third-order valence-electron chi connectivity index (χ3n) is 0.164. The summed E-state index contributed by atoms with van der Waals surface area (Å²) in [4.78, 5) is 15.5. The standard InChI is InChI=1S/CH4NO4P/c1-2-6-7(3,4)5/h1H2,(H2,3,4,5). The maximum absolute atomic E-state index is 9.57. The summed E-state index contributed by atoms with van der Waals surface area (Å²) in [5, 5.41) is 2.49. The number of hydrogen-bond donors (Lipinski definition) is 2. The molecule has 0 aliphatic rings. The molecule has 6 heteroatoms. The van der Waals surface area contributed by atoms with Gasteiger partial charge in [-0.2, -0.15) is 0 Å². The minimum atomic E-state index is -4.39. The fraction of sp³-hybridized carbons (Fsp3) is 0. The highest BCUT2D eigenvalue weighted by Crippen LogP contribution is 2.35. The van der Waals surface area contributed by atoms with Gasteiger partial charge in [0.05, 0.1) is 0 Å². The van der Waals surface area contributed by atoms with Crippen LogP contribution in [-0.2, 0) is 9.19 Å². The molecular weight excluding hydrogens is 121 g/mol. The van der Waals surface area contributed by atoms with Crippen molar-refractivity contribution in [2.45, 2.75) is 0 Å². The van der Waals surface area contributed by atoms with E-state index in [0.29, 0.717) is 0 Å². The van der Waals surface area contributed by atoms with Crippen LogP contribution in [0.2, 0.25) is 0 Å². The van der Waals surface area contributed by atoms with Gasteiger partial charge in [0, 0.05) is 6.72 Å². The predicted molar refractivity (Wildman–Crippen MR) is 22.7 cm³/mol. The van der Waals surface area contributed by atoms with E-state index in [-0.39, 0.29) is 0 Å². The molecule has 0 aliphatic heterocycles. The molecule has 0 spiro atoms. The summed E-state index contributed by atoms with van der Waals surface area (Å²) in [5.41, 5.74) is 0. The molecule has 2 N–H and O–H groups in total. The summed E-state index contributed by atoms with van der Waals surface area (Å²) in [5.74, 6) is 0. The van der Waals surface area contributed by atoms with Crippen molar-refractivity contribution in [1.29, 1.82) is 0 Å². The molecular formula is CH4NO4P. The zero-order valence-electron chi connectivity index (χ0n) is 3.31. The van der Waals surface area contributed by atoms with Gasteiger partial charge in [0.25, 0.3) is 0 Å². The molecule has 0 bridgehead atoms. The first-order chi connectivity index (χ1) is 3.06. The number of oxime groups is 1. The molecule has 0 heterocycles. The Hall–Kier alpha value is -0.380. The highest BCUT2D eigenvalue weighted by Gasteiger charge is 2.12. The first kappa shape index (κ1) is 6.62. The number of nitrogens with zero attached hydrogens (tertiary/aromatic N) is 1. The SMILES string of the molecule is C=NOP(=O)(O)O. The van der Waals surface area contributed by atoms with E-state index in [1.54, 1.807) is 0 Å². The largest absolute Gasteiger partial charge is 0.545 e. The summed E-state index contributed by atoms with van der Waals surface area (Å²) in [6, 6.07) is 0. The number of phosphoric acid groups is 1. The van der Waals surface area contributed by atoms with Crippen LogP contribution in [0.1, 0.15) is 0 Å². The fourth-order valence-electron chi connectivity index (χ4n) is 0.0752. The smallest absolute Gasteiger partial charge is 0.293 e. The molecule has 42 valence electrons. The maximum atomic E-state index is 9.57. The van der Waals surface area contributed by atoms with Gasteiger partial charge >= 0.3 is 7.82 Å². The lowest BCUT2D eigenvalue weighted by molar-refractivity contribution is 0.207. The first-order valence-electron chi connectivity index (χ1n) is 1.26. The first-order valence-corrected chi connectivity index (χ1v) is 2.79. The van der Waals surface area contributed by atoms with E-state index in [1.165, 1.54) is 0 Å². The molecule has 0 aromatic rings. The monoisotopic (exact) mass is 125 g/mol. The van der Waals surface area contributed by atoms with E-state index < -0.39 is 7.82 Å². The van der Waals surface area contributed by atoms with Crippen LogP contribution in [0.4, 0.5) is 0 Å². The van der Waals surface area contributed by atoms with Gasteiger partial charge in [0.2, 0.25) is 0 Å². The molecule has 0 aromatic heterocycles. The third kappa shape index (κ3) is 5.62.